The summed E-state index contributed by atoms with van der Waals surface area (Å²) < 4.78 is 30.2. The molecule has 0 heterocycles. The van der Waals surface area contributed by atoms with Crippen LogP contribution in [0.5, 0.6) is 0 Å². The zero-order valence-electron chi connectivity index (χ0n) is 10.4. The van der Waals surface area contributed by atoms with Crippen LogP contribution in [0.25, 0.3) is 0 Å². The SMILES string of the molecule is O=C(O)CCN(CCS(=O)(=O)O)Cc1ccccc1. The molecule has 1 aromatic rings. The Balaban J connectivity index is 2.60. The number of carboxylic acid groups (broad SMARTS) is 1. The largest absolute Gasteiger partial charge is 0.481 e. The number of benzene rings is 1. The van der Waals surface area contributed by atoms with E-state index in [9.17, 15) is 13.2 Å². The van der Waals surface area contributed by atoms with Gasteiger partial charge in [-0.1, -0.05) is 30.3 Å². The summed E-state index contributed by atoms with van der Waals surface area (Å²) in [4.78, 5) is 12.3. The van der Waals surface area contributed by atoms with Gasteiger partial charge in [-0.3, -0.25) is 14.2 Å². The fourth-order valence-corrected chi connectivity index (χ4v) is 2.10. The summed E-state index contributed by atoms with van der Waals surface area (Å²) in [6.07, 6.45) is -0.0711. The van der Waals surface area contributed by atoms with Gasteiger partial charge in [-0.05, 0) is 5.56 Å². The standard InChI is InChI=1S/C12H17NO5S/c14-12(15)6-7-13(8-9-19(16,17)18)10-11-4-2-1-3-5-11/h1-5H,6-10H2,(H,14,15)(H,16,17,18). The van der Waals surface area contributed by atoms with Crippen molar-refractivity contribution in [2.45, 2.75) is 13.0 Å². The van der Waals surface area contributed by atoms with Gasteiger partial charge in [0.1, 0.15) is 0 Å². The van der Waals surface area contributed by atoms with Crippen molar-refractivity contribution in [3.05, 3.63) is 35.9 Å². The van der Waals surface area contributed by atoms with Crippen LogP contribution in [-0.2, 0) is 21.5 Å². The second kappa shape index (κ2) is 7.22. The van der Waals surface area contributed by atoms with Crippen molar-refractivity contribution >= 4 is 16.1 Å². The summed E-state index contributed by atoms with van der Waals surface area (Å²) >= 11 is 0. The molecule has 2 N–H and O–H groups in total. The van der Waals surface area contributed by atoms with E-state index in [0.29, 0.717) is 6.54 Å². The zero-order valence-corrected chi connectivity index (χ0v) is 11.2. The Morgan fingerprint density at radius 1 is 1.16 bits per heavy atom. The summed E-state index contributed by atoms with van der Waals surface area (Å²) in [6.45, 7) is 0.782. The minimum absolute atomic E-state index is 0.0711. The molecule has 0 radical (unpaired) electrons. The van der Waals surface area contributed by atoms with Gasteiger partial charge in [-0.15, -0.1) is 0 Å². The average molecular weight is 287 g/mol. The highest BCUT2D eigenvalue weighted by Gasteiger charge is 2.12. The van der Waals surface area contributed by atoms with Crippen LogP contribution in [0.15, 0.2) is 30.3 Å². The van der Waals surface area contributed by atoms with Gasteiger partial charge >= 0.3 is 5.97 Å². The zero-order chi connectivity index (χ0) is 14.3. The molecule has 6 nitrogen and oxygen atoms in total. The number of hydrogen-bond acceptors (Lipinski definition) is 4. The van der Waals surface area contributed by atoms with Gasteiger partial charge in [0.2, 0.25) is 0 Å². The van der Waals surface area contributed by atoms with E-state index in [-0.39, 0.29) is 19.5 Å². The predicted molar refractivity (Wildman–Crippen MR) is 70.4 cm³/mol. The van der Waals surface area contributed by atoms with Crippen molar-refractivity contribution in [1.82, 2.24) is 4.90 Å². The molecule has 0 fully saturated rings. The molecule has 0 saturated carbocycles. The van der Waals surface area contributed by atoms with E-state index < -0.39 is 21.8 Å². The maximum atomic E-state index is 10.7. The quantitative estimate of drug-likeness (QED) is 0.688. The fourth-order valence-electron chi connectivity index (χ4n) is 1.61. The molecule has 7 heteroatoms. The smallest absolute Gasteiger partial charge is 0.304 e. The first-order valence-electron chi connectivity index (χ1n) is 5.80. The Kier molecular flexibility index (Phi) is 5.94. The van der Waals surface area contributed by atoms with E-state index in [1.165, 1.54) is 0 Å². The Morgan fingerprint density at radius 3 is 2.32 bits per heavy atom. The molecule has 0 aromatic heterocycles. The van der Waals surface area contributed by atoms with Crippen LogP contribution in [0, 0.1) is 0 Å². The molecule has 0 aliphatic rings. The first-order chi connectivity index (χ1) is 8.87. The first kappa shape index (κ1) is 15.6. The summed E-state index contributed by atoms with van der Waals surface area (Å²) in [5.41, 5.74) is 0.961. The van der Waals surface area contributed by atoms with Gasteiger partial charge in [0.15, 0.2) is 0 Å². The lowest BCUT2D eigenvalue weighted by Gasteiger charge is -2.20. The van der Waals surface area contributed by atoms with Crippen LogP contribution in [0.1, 0.15) is 12.0 Å². The van der Waals surface area contributed by atoms with E-state index >= 15 is 0 Å². The van der Waals surface area contributed by atoms with Gasteiger partial charge in [0.05, 0.1) is 12.2 Å². The van der Waals surface area contributed by atoms with Crippen LogP contribution in [0.4, 0.5) is 0 Å². The number of aliphatic carboxylic acids is 1. The highest BCUT2D eigenvalue weighted by Crippen LogP contribution is 2.05. The Bertz CT molecular complexity index is 500. The van der Waals surface area contributed by atoms with Gasteiger partial charge in [-0.25, -0.2) is 0 Å². The van der Waals surface area contributed by atoms with Gasteiger partial charge < -0.3 is 5.11 Å². The Labute approximate surface area is 112 Å². The van der Waals surface area contributed by atoms with Crippen molar-refractivity contribution in [2.24, 2.45) is 0 Å². The fraction of sp³-hybridized carbons (Fsp3) is 0.417. The van der Waals surface area contributed by atoms with Gasteiger partial charge in [0.25, 0.3) is 10.1 Å². The number of rotatable bonds is 8. The summed E-state index contributed by atoms with van der Waals surface area (Å²) in [7, 11) is -4.04. The van der Waals surface area contributed by atoms with Crippen molar-refractivity contribution < 1.29 is 22.9 Å². The van der Waals surface area contributed by atoms with Crippen LogP contribution in [-0.4, -0.2) is 47.8 Å². The van der Waals surface area contributed by atoms with E-state index in [1.54, 1.807) is 4.90 Å². The molecule has 0 atom stereocenters. The molecule has 0 spiro atoms. The Morgan fingerprint density at radius 2 is 1.79 bits per heavy atom. The molecule has 0 aliphatic heterocycles. The molecule has 0 aliphatic carbocycles. The summed E-state index contributed by atoms with van der Waals surface area (Å²) in [5.74, 6) is -1.34. The maximum absolute atomic E-state index is 10.7. The monoisotopic (exact) mass is 287 g/mol. The molecule has 0 bridgehead atoms. The van der Waals surface area contributed by atoms with Crippen molar-refractivity contribution in [1.29, 1.82) is 0 Å². The molecule has 106 valence electrons. The normalized spacial score (nSPS) is 11.7. The Hall–Kier alpha value is -1.44. The minimum Gasteiger partial charge on any atom is -0.481 e. The summed E-state index contributed by atoms with van der Waals surface area (Å²) in [6, 6.07) is 9.33. The highest BCUT2D eigenvalue weighted by molar-refractivity contribution is 7.85. The van der Waals surface area contributed by atoms with Gasteiger partial charge in [0, 0.05) is 19.6 Å². The predicted octanol–water partition coefficient (Wildman–Crippen LogP) is 0.851. The van der Waals surface area contributed by atoms with E-state index in [4.69, 9.17) is 9.66 Å². The van der Waals surface area contributed by atoms with Crippen LogP contribution < -0.4 is 0 Å². The molecule has 1 aromatic carbocycles. The minimum atomic E-state index is -4.04. The lowest BCUT2D eigenvalue weighted by molar-refractivity contribution is -0.137. The number of carbonyl (C=O) groups is 1. The number of carboxylic acids is 1. The average Bonchev–Trinajstić information content (AvgIpc) is 2.33. The van der Waals surface area contributed by atoms with E-state index in [2.05, 4.69) is 0 Å². The molecule has 0 unspecified atom stereocenters. The molecule has 1 rings (SSSR count). The third-order valence-corrected chi connectivity index (χ3v) is 3.25. The maximum Gasteiger partial charge on any atom is 0.304 e. The first-order valence-corrected chi connectivity index (χ1v) is 7.41. The van der Waals surface area contributed by atoms with Crippen LogP contribution in [0.2, 0.25) is 0 Å². The van der Waals surface area contributed by atoms with Crippen molar-refractivity contribution in [3.8, 4) is 0 Å². The van der Waals surface area contributed by atoms with E-state index in [0.717, 1.165) is 5.56 Å². The van der Waals surface area contributed by atoms with E-state index in [1.807, 2.05) is 30.3 Å². The molecular weight excluding hydrogens is 270 g/mol. The second-order valence-electron chi connectivity index (χ2n) is 4.19. The van der Waals surface area contributed by atoms with Crippen molar-refractivity contribution in [3.63, 3.8) is 0 Å². The number of nitrogens with zero attached hydrogens (tertiary/aromatic N) is 1. The third-order valence-electron chi connectivity index (χ3n) is 2.56. The lowest BCUT2D eigenvalue weighted by atomic mass is 10.2. The molecule has 0 amide bonds. The van der Waals surface area contributed by atoms with Crippen molar-refractivity contribution in [2.75, 3.05) is 18.8 Å². The topological polar surface area (TPSA) is 94.9 Å². The number of hydrogen-bond donors (Lipinski definition) is 2. The highest BCUT2D eigenvalue weighted by atomic mass is 32.2. The molecular formula is C12H17NO5S. The summed E-state index contributed by atoms with van der Waals surface area (Å²) in [5, 5.41) is 8.66. The van der Waals surface area contributed by atoms with Gasteiger partial charge in [-0.2, -0.15) is 8.42 Å². The third kappa shape index (κ3) is 7.55. The second-order valence-corrected chi connectivity index (χ2v) is 5.76. The van der Waals surface area contributed by atoms with Crippen LogP contribution >= 0.6 is 0 Å². The lowest BCUT2D eigenvalue weighted by Crippen LogP contribution is -2.31. The van der Waals surface area contributed by atoms with Crippen LogP contribution in [0.3, 0.4) is 0 Å². The molecule has 19 heavy (non-hydrogen) atoms. The molecule has 0 saturated heterocycles.